The van der Waals surface area contributed by atoms with Crippen LogP contribution in [0.4, 0.5) is 0 Å². The number of rotatable bonds is 6. The van der Waals surface area contributed by atoms with E-state index in [0.717, 1.165) is 18.8 Å². The summed E-state index contributed by atoms with van der Waals surface area (Å²) in [6.45, 7) is 8.40. The van der Waals surface area contributed by atoms with Crippen LogP contribution in [0.15, 0.2) is 12.1 Å². The summed E-state index contributed by atoms with van der Waals surface area (Å²) in [7, 11) is 5.98. The molecule has 0 aliphatic rings. The molecule has 0 radical (unpaired) electrons. The molecule has 0 saturated heterocycles. The molecule has 0 aliphatic carbocycles. The zero-order valence-electron chi connectivity index (χ0n) is 12.5. The Morgan fingerprint density at radius 2 is 1.89 bits per heavy atom. The summed E-state index contributed by atoms with van der Waals surface area (Å²) in [6.07, 6.45) is 0. The monoisotopic (exact) mass is 250 g/mol. The van der Waals surface area contributed by atoms with Crippen molar-refractivity contribution in [3.8, 4) is 5.75 Å². The lowest BCUT2D eigenvalue weighted by Gasteiger charge is -2.27. The van der Waals surface area contributed by atoms with Crippen LogP contribution in [-0.2, 0) is 0 Å². The molecule has 1 atom stereocenters. The summed E-state index contributed by atoms with van der Waals surface area (Å²) >= 11 is 0. The van der Waals surface area contributed by atoms with E-state index in [1.54, 1.807) is 7.11 Å². The van der Waals surface area contributed by atoms with Crippen molar-refractivity contribution in [2.45, 2.75) is 26.8 Å². The largest absolute Gasteiger partial charge is 0.496 e. The van der Waals surface area contributed by atoms with Crippen LogP contribution in [0.5, 0.6) is 5.75 Å². The van der Waals surface area contributed by atoms with E-state index in [1.807, 2.05) is 0 Å². The van der Waals surface area contributed by atoms with Crippen LogP contribution in [0.1, 0.15) is 29.7 Å². The standard InChI is InChI=1S/C15H26N2O/c1-7-16-10-14(17(4)5)13-8-9-15(18-6)12(3)11(13)2/h8-9,14,16H,7,10H2,1-6H3. The number of likely N-dealkylation sites (N-methyl/N-ethyl adjacent to an activating group) is 2. The Balaban J connectivity index is 3.09. The summed E-state index contributed by atoms with van der Waals surface area (Å²) in [5, 5.41) is 3.43. The van der Waals surface area contributed by atoms with Crippen molar-refractivity contribution in [3.05, 3.63) is 28.8 Å². The van der Waals surface area contributed by atoms with E-state index in [2.05, 4.69) is 57.2 Å². The molecule has 0 bridgehead atoms. The Morgan fingerprint density at radius 1 is 1.22 bits per heavy atom. The predicted octanol–water partition coefficient (Wildman–Crippen LogP) is 2.52. The third-order valence-corrected chi connectivity index (χ3v) is 3.57. The van der Waals surface area contributed by atoms with Crippen LogP contribution in [-0.4, -0.2) is 39.2 Å². The number of nitrogens with one attached hydrogen (secondary N) is 1. The van der Waals surface area contributed by atoms with E-state index in [9.17, 15) is 0 Å². The van der Waals surface area contributed by atoms with Crippen LogP contribution < -0.4 is 10.1 Å². The lowest BCUT2D eigenvalue weighted by atomic mass is 9.96. The van der Waals surface area contributed by atoms with Gasteiger partial charge in [-0.25, -0.2) is 0 Å². The first kappa shape index (κ1) is 15.0. The van der Waals surface area contributed by atoms with Gasteiger partial charge in [0.2, 0.25) is 0 Å². The number of hydrogen-bond donors (Lipinski definition) is 1. The van der Waals surface area contributed by atoms with Crippen LogP contribution in [0, 0.1) is 13.8 Å². The van der Waals surface area contributed by atoms with Crippen molar-refractivity contribution < 1.29 is 4.74 Å². The molecule has 0 aromatic heterocycles. The van der Waals surface area contributed by atoms with Crippen LogP contribution in [0.2, 0.25) is 0 Å². The average molecular weight is 250 g/mol. The molecule has 0 amide bonds. The highest BCUT2D eigenvalue weighted by Crippen LogP contribution is 2.29. The maximum atomic E-state index is 5.37. The summed E-state index contributed by atoms with van der Waals surface area (Å²) in [5.74, 6) is 0.970. The Labute approximate surface area is 111 Å². The molecule has 0 fully saturated rings. The molecule has 0 saturated carbocycles. The van der Waals surface area contributed by atoms with Gasteiger partial charge in [0.1, 0.15) is 5.75 Å². The van der Waals surface area contributed by atoms with Crippen molar-refractivity contribution in [1.29, 1.82) is 0 Å². The van der Waals surface area contributed by atoms with Gasteiger partial charge in [-0.15, -0.1) is 0 Å². The Kier molecular flexibility index (Phi) is 5.63. The first-order chi connectivity index (χ1) is 8.52. The topological polar surface area (TPSA) is 24.5 Å². The lowest BCUT2D eigenvalue weighted by molar-refractivity contribution is 0.289. The Morgan fingerprint density at radius 3 is 2.39 bits per heavy atom. The van der Waals surface area contributed by atoms with Crippen molar-refractivity contribution >= 4 is 0 Å². The average Bonchev–Trinajstić information content (AvgIpc) is 2.34. The summed E-state index contributed by atoms with van der Waals surface area (Å²) in [5.41, 5.74) is 3.93. The van der Waals surface area contributed by atoms with Crippen LogP contribution in [0.25, 0.3) is 0 Å². The highest BCUT2D eigenvalue weighted by molar-refractivity contribution is 5.44. The molecule has 1 aromatic rings. The molecule has 0 aliphatic heterocycles. The molecular formula is C15H26N2O. The fourth-order valence-corrected chi connectivity index (χ4v) is 2.25. The van der Waals surface area contributed by atoms with Gasteiger partial charge in [0.25, 0.3) is 0 Å². The maximum absolute atomic E-state index is 5.37. The second-order valence-electron chi connectivity index (χ2n) is 4.89. The van der Waals surface area contributed by atoms with Gasteiger partial charge < -0.3 is 15.0 Å². The number of hydrogen-bond acceptors (Lipinski definition) is 3. The van der Waals surface area contributed by atoms with E-state index in [0.29, 0.717) is 6.04 Å². The second kappa shape index (κ2) is 6.76. The second-order valence-corrected chi connectivity index (χ2v) is 4.89. The number of nitrogens with zero attached hydrogens (tertiary/aromatic N) is 1. The minimum atomic E-state index is 0.398. The number of ether oxygens (including phenoxy) is 1. The molecule has 0 spiro atoms. The van der Waals surface area contributed by atoms with Gasteiger partial charge in [-0.1, -0.05) is 13.0 Å². The number of methoxy groups -OCH3 is 1. The first-order valence-electron chi connectivity index (χ1n) is 6.54. The highest BCUT2D eigenvalue weighted by atomic mass is 16.5. The summed E-state index contributed by atoms with van der Waals surface area (Å²) in [4.78, 5) is 2.26. The van der Waals surface area contributed by atoms with E-state index >= 15 is 0 Å². The molecule has 1 rings (SSSR count). The quantitative estimate of drug-likeness (QED) is 0.839. The molecule has 1 N–H and O–H groups in total. The minimum absolute atomic E-state index is 0.398. The van der Waals surface area contributed by atoms with Crippen molar-refractivity contribution in [3.63, 3.8) is 0 Å². The molecule has 0 heterocycles. The van der Waals surface area contributed by atoms with Crippen LogP contribution in [0.3, 0.4) is 0 Å². The molecule has 18 heavy (non-hydrogen) atoms. The predicted molar refractivity (Wildman–Crippen MR) is 77.4 cm³/mol. The van der Waals surface area contributed by atoms with Crippen molar-refractivity contribution in [2.75, 3.05) is 34.3 Å². The third-order valence-electron chi connectivity index (χ3n) is 3.57. The smallest absolute Gasteiger partial charge is 0.122 e. The van der Waals surface area contributed by atoms with Gasteiger partial charge in [-0.2, -0.15) is 0 Å². The van der Waals surface area contributed by atoms with E-state index in [1.165, 1.54) is 16.7 Å². The van der Waals surface area contributed by atoms with E-state index < -0.39 is 0 Å². The zero-order chi connectivity index (χ0) is 13.7. The molecule has 1 unspecified atom stereocenters. The third kappa shape index (κ3) is 3.24. The van der Waals surface area contributed by atoms with Crippen molar-refractivity contribution in [1.82, 2.24) is 10.2 Å². The van der Waals surface area contributed by atoms with Gasteiger partial charge in [0.05, 0.1) is 7.11 Å². The van der Waals surface area contributed by atoms with Crippen LogP contribution >= 0.6 is 0 Å². The molecule has 1 aromatic carbocycles. The maximum Gasteiger partial charge on any atom is 0.122 e. The first-order valence-corrected chi connectivity index (χ1v) is 6.54. The van der Waals surface area contributed by atoms with Gasteiger partial charge in [-0.3, -0.25) is 0 Å². The van der Waals surface area contributed by atoms with Gasteiger partial charge >= 0.3 is 0 Å². The number of benzene rings is 1. The Bertz CT molecular complexity index is 388. The van der Waals surface area contributed by atoms with E-state index in [4.69, 9.17) is 4.74 Å². The molecule has 3 heteroatoms. The van der Waals surface area contributed by atoms with Gasteiger partial charge in [-0.05, 0) is 57.2 Å². The molecular weight excluding hydrogens is 224 g/mol. The van der Waals surface area contributed by atoms with Gasteiger partial charge in [0, 0.05) is 12.6 Å². The fraction of sp³-hybridized carbons (Fsp3) is 0.600. The summed E-state index contributed by atoms with van der Waals surface area (Å²) < 4.78 is 5.37. The normalized spacial score (nSPS) is 12.8. The lowest BCUT2D eigenvalue weighted by Crippen LogP contribution is -2.31. The molecule has 102 valence electrons. The molecule has 3 nitrogen and oxygen atoms in total. The highest BCUT2D eigenvalue weighted by Gasteiger charge is 2.17. The SMILES string of the molecule is CCNCC(c1ccc(OC)c(C)c1C)N(C)C. The zero-order valence-corrected chi connectivity index (χ0v) is 12.5. The van der Waals surface area contributed by atoms with Gasteiger partial charge in [0.15, 0.2) is 0 Å². The Hall–Kier alpha value is -1.06. The minimum Gasteiger partial charge on any atom is -0.496 e. The van der Waals surface area contributed by atoms with Crippen molar-refractivity contribution in [2.24, 2.45) is 0 Å². The van der Waals surface area contributed by atoms with E-state index in [-0.39, 0.29) is 0 Å². The summed E-state index contributed by atoms with van der Waals surface area (Å²) in [6, 6.07) is 4.65. The fourth-order valence-electron chi connectivity index (χ4n) is 2.25.